The van der Waals surface area contributed by atoms with E-state index in [-0.39, 0.29) is 12.3 Å². The quantitative estimate of drug-likeness (QED) is 0.166. The van der Waals surface area contributed by atoms with Crippen LogP contribution in [-0.4, -0.2) is 26.8 Å². The zero-order valence-electron chi connectivity index (χ0n) is 19.9. The van der Waals surface area contributed by atoms with Gasteiger partial charge in [-0.3, -0.25) is 14.9 Å². The summed E-state index contributed by atoms with van der Waals surface area (Å²) in [5.74, 6) is 0.529. The zero-order valence-corrected chi connectivity index (χ0v) is 22.2. The summed E-state index contributed by atoms with van der Waals surface area (Å²) in [6.45, 7) is 2.07. The topological polar surface area (TPSA) is 70.7 Å². The Balaban J connectivity index is 1.46. The van der Waals surface area contributed by atoms with Gasteiger partial charge in [-0.05, 0) is 84.5 Å². The molecular weight excluding hydrogens is 511 g/mol. The Kier molecular flexibility index (Phi) is 9.26. The lowest BCUT2D eigenvalue weighted by atomic mass is 9.98. The van der Waals surface area contributed by atoms with Crippen LogP contribution in [0, 0.1) is 0 Å². The number of aromatic nitrogens is 3. The zero-order chi connectivity index (χ0) is 25.3. The fourth-order valence-corrected chi connectivity index (χ4v) is 5.15. The first-order valence-corrected chi connectivity index (χ1v) is 13.4. The summed E-state index contributed by atoms with van der Waals surface area (Å²) in [5.41, 5.74) is 8.71. The standard InChI is InChI=1S/C28H26Cl2N4OS/c1-2-6-19(18-36-27-12-14-32-34-27)15-21(29)16-26(35)33-22-9-10-25(30)24(17-22)28-23-8-5-3-4-7-20(23)11-13-31-28/h3,6-7,9-15,17H,2,5,8,16,18H2,1H3,(H,32,34)(H,33,35). The third-order valence-corrected chi connectivity index (χ3v) is 7.09. The summed E-state index contributed by atoms with van der Waals surface area (Å²) in [6, 6.07) is 9.33. The summed E-state index contributed by atoms with van der Waals surface area (Å²) in [6.07, 6.45) is 14.1. The van der Waals surface area contributed by atoms with E-state index in [4.69, 9.17) is 23.2 Å². The van der Waals surface area contributed by atoms with Crippen molar-refractivity contribution in [2.75, 3.05) is 11.1 Å². The molecule has 8 heteroatoms. The maximum atomic E-state index is 12.8. The van der Waals surface area contributed by atoms with Crippen LogP contribution in [0.5, 0.6) is 0 Å². The molecule has 5 nitrogen and oxygen atoms in total. The van der Waals surface area contributed by atoms with Crippen LogP contribution in [0.2, 0.25) is 5.02 Å². The average molecular weight is 538 g/mol. The fraction of sp³-hybridized carbons (Fsp3) is 0.214. The second kappa shape index (κ2) is 12.8. The number of rotatable bonds is 9. The van der Waals surface area contributed by atoms with E-state index in [1.54, 1.807) is 36.3 Å². The van der Waals surface area contributed by atoms with Gasteiger partial charge in [0.2, 0.25) is 5.91 Å². The van der Waals surface area contributed by atoms with Crippen molar-refractivity contribution >= 4 is 52.6 Å². The number of hydrogen-bond donors (Lipinski definition) is 2. The van der Waals surface area contributed by atoms with Gasteiger partial charge in [-0.2, -0.15) is 5.10 Å². The number of amides is 1. The molecule has 1 amide bonds. The van der Waals surface area contributed by atoms with Gasteiger partial charge in [0, 0.05) is 34.4 Å². The highest BCUT2D eigenvalue weighted by Crippen LogP contribution is 2.34. The number of nitrogens with one attached hydrogen (secondary N) is 2. The van der Waals surface area contributed by atoms with Gasteiger partial charge in [-0.15, -0.1) is 17.5 Å². The van der Waals surface area contributed by atoms with Crippen molar-refractivity contribution in [1.29, 1.82) is 0 Å². The molecule has 2 heterocycles. The Morgan fingerprint density at radius 1 is 1.28 bits per heavy atom. The van der Waals surface area contributed by atoms with E-state index in [1.807, 2.05) is 36.4 Å². The predicted molar refractivity (Wildman–Crippen MR) is 150 cm³/mol. The Bertz CT molecular complexity index is 1360. The summed E-state index contributed by atoms with van der Waals surface area (Å²) in [4.78, 5) is 17.4. The maximum absolute atomic E-state index is 12.8. The maximum Gasteiger partial charge on any atom is 0.229 e. The Labute approximate surface area is 225 Å². The van der Waals surface area contributed by atoms with Gasteiger partial charge >= 0.3 is 0 Å². The van der Waals surface area contributed by atoms with Gasteiger partial charge in [0.1, 0.15) is 0 Å². The first kappa shape index (κ1) is 26.1. The number of thioether (sulfide) groups is 1. The number of carbonyl (C=O) groups is 1. The number of nitrogens with zero attached hydrogens (tertiary/aromatic N) is 2. The number of carbonyl (C=O) groups excluding carboxylic acids is 1. The van der Waals surface area contributed by atoms with E-state index < -0.39 is 0 Å². The van der Waals surface area contributed by atoms with Gasteiger partial charge in [0.05, 0.1) is 22.2 Å². The van der Waals surface area contributed by atoms with Crippen LogP contribution in [0.25, 0.3) is 17.3 Å². The summed E-state index contributed by atoms with van der Waals surface area (Å²) in [5, 5.41) is 11.9. The largest absolute Gasteiger partial charge is 0.326 e. The molecule has 1 aromatic carbocycles. The van der Waals surface area contributed by atoms with E-state index in [2.05, 4.69) is 39.2 Å². The van der Waals surface area contributed by atoms with Crippen LogP contribution in [0.15, 0.2) is 82.3 Å². The SMILES string of the molecule is CCC=C(C=C(Cl)CC(=O)Nc1ccc(Cl)c(-c2nccc3c2CCC=C=C3)c1)CSc1ccn[nH]1. The molecule has 0 aliphatic heterocycles. The number of allylic oxidation sites excluding steroid dienone is 3. The van der Waals surface area contributed by atoms with Crippen molar-refractivity contribution in [1.82, 2.24) is 15.2 Å². The third kappa shape index (κ3) is 7.02. The minimum absolute atomic E-state index is 0.0741. The van der Waals surface area contributed by atoms with Gasteiger partial charge in [0.15, 0.2) is 0 Å². The minimum atomic E-state index is -0.200. The lowest BCUT2D eigenvalue weighted by molar-refractivity contribution is -0.115. The third-order valence-electron chi connectivity index (χ3n) is 5.50. The lowest BCUT2D eigenvalue weighted by Gasteiger charge is -2.14. The smallest absolute Gasteiger partial charge is 0.229 e. The lowest BCUT2D eigenvalue weighted by Crippen LogP contribution is -2.11. The van der Waals surface area contributed by atoms with E-state index in [0.717, 1.165) is 58.0 Å². The molecule has 184 valence electrons. The summed E-state index contributed by atoms with van der Waals surface area (Å²) in [7, 11) is 0. The van der Waals surface area contributed by atoms with Crippen molar-refractivity contribution in [2.45, 2.75) is 37.6 Å². The second-order valence-corrected chi connectivity index (χ2v) is 10.1. The Morgan fingerprint density at radius 3 is 2.97 bits per heavy atom. The number of fused-ring (bicyclic) bond motifs is 1. The molecule has 1 aliphatic carbocycles. The Morgan fingerprint density at radius 2 is 2.17 bits per heavy atom. The number of aromatic amines is 1. The molecule has 0 unspecified atom stereocenters. The summed E-state index contributed by atoms with van der Waals surface area (Å²) >= 11 is 14.7. The number of halogens is 2. The number of H-pyrrole nitrogens is 1. The molecule has 0 spiro atoms. The van der Waals surface area contributed by atoms with Crippen molar-refractivity contribution in [2.24, 2.45) is 0 Å². The Hall–Kier alpha value is -3.02. The molecule has 0 saturated carbocycles. The number of pyridine rings is 1. The minimum Gasteiger partial charge on any atom is -0.326 e. The normalized spacial score (nSPS) is 13.4. The van der Waals surface area contributed by atoms with Crippen LogP contribution < -0.4 is 5.32 Å². The first-order chi connectivity index (χ1) is 17.5. The molecule has 36 heavy (non-hydrogen) atoms. The average Bonchev–Trinajstić information content (AvgIpc) is 3.26. The van der Waals surface area contributed by atoms with Crippen LogP contribution in [0.3, 0.4) is 0 Å². The predicted octanol–water partition coefficient (Wildman–Crippen LogP) is 7.82. The molecule has 0 bridgehead atoms. The van der Waals surface area contributed by atoms with Gasteiger partial charge in [0.25, 0.3) is 0 Å². The van der Waals surface area contributed by atoms with Crippen molar-refractivity contribution in [3.05, 3.63) is 93.4 Å². The van der Waals surface area contributed by atoms with E-state index in [9.17, 15) is 4.79 Å². The molecule has 3 aromatic rings. The van der Waals surface area contributed by atoms with Crippen LogP contribution in [-0.2, 0) is 11.2 Å². The highest BCUT2D eigenvalue weighted by Gasteiger charge is 2.15. The van der Waals surface area contributed by atoms with Crippen molar-refractivity contribution < 1.29 is 4.79 Å². The highest BCUT2D eigenvalue weighted by atomic mass is 35.5. The van der Waals surface area contributed by atoms with Crippen LogP contribution in [0.1, 0.15) is 37.3 Å². The number of benzene rings is 1. The fourth-order valence-electron chi connectivity index (χ4n) is 3.89. The molecule has 0 atom stereocenters. The highest BCUT2D eigenvalue weighted by molar-refractivity contribution is 7.99. The van der Waals surface area contributed by atoms with Crippen LogP contribution >= 0.6 is 35.0 Å². The molecule has 1 aliphatic rings. The number of anilines is 1. The van der Waals surface area contributed by atoms with E-state index in [1.165, 1.54) is 0 Å². The molecule has 0 fully saturated rings. The first-order valence-electron chi connectivity index (χ1n) is 11.7. The van der Waals surface area contributed by atoms with Crippen molar-refractivity contribution in [3.63, 3.8) is 0 Å². The van der Waals surface area contributed by atoms with Crippen molar-refractivity contribution in [3.8, 4) is 11.3 Å². The molecule has 0 radical (unpaired) electrons. The molecule has 0 saturated heterocycles. The molecule has 4 rings (SSSR count). The molecule has 2 aromatic heterocycles. The van der Waals surface area contributed by atoms with Gasteiger partial charge < -0.3 is 5.32 Å². The second-order valence-electron chi connectivity index (χ2n) is 8.19. The number of hydrogen-bond acceptors (Lipinski definition) is 4. The monoisotopic (exact) mass is 536 g/mol. The van der Waals surface area contributed by atoms with Crippen LogP contribution in [0.4, 0.5) is 5.69 Å². The molecule has 2 N–H and O–H groups in total. The summed E-state index contributed by atoms with van der Waals surface area (Å²) < 4.78 is 0. The molecular formula is C28H26Cl2N4OS. The van der Waals surface area contributed by atoms with E-state index >= 15 is 0 Å². The van der Waals surface area contributed by atoms with Gasteiger partial charge in [-0.25, -0.2) is 0 Å². The van der Waals surface area contributed by atoms with E-state index in [0.29, 0.717) is 15.7 Å². The van der Waals surface area contributed by atoms with Gasteiger partial charge in [-0.1, -0.05) is 36.2 Å².